The van der Waals surface area contributed by atoms with Crippen LogP contribution in [0.1, 0.15) is 11.3 Å². The van der Waals surface area contributed by atoms with E-state index in [0.717, 1.165) is 5.56 Å². The summed E-state index contributed by atoms with van der Waals surface area (Å²) in [5, 5.41) is 8.77. The average molecular weight is 205 g/mol. The summed E-state index contributed by atoms with van der Waals surface area (Å²) >= 11 is 0. The summed E-state index contributed by atoms with van der Waals surface area (Å²) in [5.74, 6) is 0. The molecule has 5 heteroatoms. The largest absolute Gasteiger partial charge is 0.414 e. The van der Waals surface area contributed by atoms with Crippen molar-refractivity contribution in [1.82, 2.24) is 4.98 Å². The smallest absolute Gasteiger partial charge is 0.383 e. The lowest BCUT2D eigenvalue weighted by molar-refractivity contribution is -0.203. The fraction of sp³-hybridized carbons (Fsp3) is 0.444. The highest BCUT2D eigenvalue weighted by Crippen LogP contribution is 2.22. The van der Waals surface area contributed by atoms with Crippen LogP contribution in [0.4, 0.5) is 13.2 Å². The number of aliphatic hydroxyl groups is 1. The maximum atomic E-state index is 12.0. The topological polar surface area (TPSA) is 33.1 Å². The Morgan fingerprint density at radius 3 is 2.64 bits per heavy atom. The van der Waals surface area contributed by atoms with Gasteiger partial charge >= 0.3 is 6.18 Å². The SMILES string of the molecule is Cc1ccnc(C[C@H](O)C(F)(F)F)c1. The van der Waals surface area contributed by atoms with E-state index in [1.165, 1.54) is 12.3 Å². The van der Waals surface area contributed by atoms with Crippen LogP contribution in [0, 0.1) is 6.92 Å². The molecular formula is C9H10F3NO. The quantitative estimate of drug-likeness (QED) is 0.799. The third-order valence-electron chi connectivity index (χ3n) is 1.75. The maximum absolute atomic E-state index is 12.0. The Kier molecular flexibility index (Phi) is 3.10. The van der Waals surface area contributed by atoms with Gasteiger partial charge in [0.05, 0.1) is 0 Å². The van der Waals surface area contributed by atoms with Crippen LogP contribution in [-0.2, 0) is 6.42 Å². The Balaban J connectivity index is 2.70. The molecule has 1 heterocycles. The first-order valence-electron chi connectivity index (χ1n) is 4.06. The number of hydrogen-bond donors (Lipinski definition) is 1. The van der Waals surface area contributed by atoms with Crippen LogP contribution in [-0.4, -0.2) is 22.4 Å². The van der Waals surface area contributed by atoms with Gasteiger partial charge in [-0.1, -0.05) is 0 Å². The molecule has 0 bridgehead atoms. The molecule has 0 amide bonds. The molecule has 14 heavy (non-hydrogen) atoms. The van der Waals surface area contributed by atoms with Crippen LogP contribution in [0.2, 0.25) is 0 Å². The summed E-state index contributed by atoms with van der Waals surface area (Å²) in [6, 6.07) is 3.21. The highest BCUT2D eigenvalue weighted by Gasteiger charge is 2.38. The number of nitrogens with zero attached hydrogens (tertiary/aromatic N) is 1. The van der Waals surface area contributed by atoms with Crippen molar-refractivity contribution in [2.75, 3.05) is 0 Å². The van der Waals surface area contributed by atoms with Crippen molar-refractivity contribution in [2.45, 2.75) is 25.6 Å². The molecule has 0 spiro atoms. The summed E-state index contributed by atoms with van der Waals surface area (Å²) in [4.78, 5) is 3.73. The molecular weight excluding hydrogens is 195 g/mol. The zero-order valence-corrected chi connectivity index (χ0v) is 7.54. The molecule has 2 nitrogen and oxygen atoms in total. The Morgan fingerprint density at radius 1 is 1.50 bits per heavy atom. The minimum Gasteiger partial charge on any atom is -0.383 e. The van der Waals surface area contributed by atoms with Gasteiger partial charge in [-0.15, -0.1) is 0 Å². The van der Waals surface area contributed by atoms with E-state index in [2.05, 4.69) is 4.98 Å². The normalized spacial score (nSPS) is 14.1. The van der Waals surface area contributed by atoms with Gasteiger partial charge in [0, 0.05) is 18.3 Å². The average Bonchev–Trinajstić information content (AvgIpc) is 2.02. The van der Waals surface area contributed by atoms with Gasteiger partial charge in [-0.3, -0.25) is 4.98 Å². The summed E-state index contributed by atoms with van der Waals surface area (Å²) in [5.41, 5.74) is 1.07. The molecule has 78 valence electrons. The Morgan fingerprint density at radius 2 is 2.14 bits per heavy atom. The first-order valence-corrected chi connectivity index (χ1v) is 4.06. The molecule has 1 aromatic rings. The lowest BCUT2D eigenvalue weighted by Gasteiger charge is -2.13. The molecule has 1 aromatic heterocycles. The van der Waals surface area contributed by atoms with Crippen molar-refractivity contribution in [3.63, 3.8) is 0 Å². The van der Waals surface area contributed by atoms with Gasteiger partial charge in [0.1, 0.15) is 0 Å². The van der Waals surface area contributed by atoms with E-state index >= 15 is 0 Å². The van der Waals surface area contributed by atoms with E-state index in [9.17, 15) is 13.2 Å². The van der Waals surface area contributed by atoms with E-state index in [0.29, 0.717) is 0 Å². The predicted molar refractivity (Wildman–Crippen MR) is 44.7 cm³/mol. The van der Waals surface area contributed by atoms with Crippen LogP contribution in [0.5, 0.6) is 0 Å². The van der Waals surface area contributed by atoms with Gasteiger partial charge < -0.3 is 5.11 Å². The van der Waals surface area contributed by atoms with E-state index in [-0.39, 0.29) is 5.69 Å². The van der Waals surface area contributed by atoms with Crippen molar-refractivity contribution in [1.29, 1.82) is 0 Å². The van der Waals surface area contributed by atoms with Crippen molar-refractivity contribution in [3.05, 3.63) is 29.6 Å². The zero-order valence-electron chi connectivity index (χ0n) is 7.54. The molecule has 0 radical (unpaired) electrons. The number of halogens is 3. The molecule has 0 saturated carbocycles. The fourth-order valence-electron chi connectivity index (χ4n) is 1.02. The Hall–Kier alpha value is -1.10. The van der Waals surface area contributed by atoms with Gasteiger partial charge in [-0.05, 0) is 24.6 Å². The van der Waals surface area contributed by atoms with Gasteiger partial charge in [0.25, 0.3) is 0 Å². The van der Waals surface area contributed by atoms with Crippen LogP contribution in [0.15, 0.2) is 18.3 Å². The number of aliphatic hydroxyl groups excluding tert-OH is 1. The highest BCUT2D eigenvalue weighted by molar-refractivity contribution is 5.15. The van der Waals surface area contributed by atoms with Crippen molar-refractivity contribution in [2.24, 2.45) is 0 Å². The van der Waals surface area contributed by atoms with E-state index < -0.39 is 18.7 Å². The van der Waals surface area contributed by atoms with Gasteiger partial charge in [-0.2, -0.15) is 13.2 Å². The molecule has 0 fully saturated rings. The standard InChI is InChI=1S/C9H10F3NO/c1-6-2-3-13-7(4-6)5-8(14)9(10,11)12/h2-4,8,14H,5H2,1H3/t8-/m0/s1. The van der Waals surface area contributed by atoms with Crippen LogP contribution in [0.3, 0.4) is 0 Å². The van der Waals surface area contributed by atoms with E-state index in [1.54, 1.807) is 13.0 Å². The number of pyridine rings is 1. The third-order valence-corrected chi connectivity index (χ3v) is 1.75. The maximum Gasteiger partial charge on any atom is 0.414 e. The number of aromatic nitrogens is 1. The van der Waals surface area contributed by atoms with E-state index in [4.69, 9.17) is 5.11 Å². The number of aryl methyl sites for hydroxylation is 1. The minimum absolute atomic E-state index is 0.245. The number of alkyl halides is 3. The number of hydrogen-bond acceptors (Lipinski definition) is 2. The predicted octanol–water partition coefficient (Wildman–Crippen LogP) is 1.86. The summed E-state index contributed by atoms with van der Waals surface area (Å²) in [6.45, 7) is 1.76. The molecule has 1 N–H and O–H groups in total. The lowest BCUT2D eigenvalue weighted by atomic mass is 10.1. The molecule has 0 aliphatic rings. The molecule has 1 rings (SSSR count). The second-order valence-corrected chi connectivity index (χ2v) is 3.09. The zero-order chi connectivity index (χ0) is 10.8. The van der Waals surface area contributed by atoms with E-state index in [1.807, 2.05) is 0 Å². The van der Waals surface area contributed by atoms with Gasteiger partial charge in [0.2, 0.25) is 0 Å². The summed E-state index contributed by atoms with van der Waals surface area (Å²) in [7, 11) is 0. The van der Waals surface area contributed by atoms with Crippen molar-refractivity contribution >= 4 is 0 Å². The minimum atomic E-state index is -4.58. The molecule has 0 aliphatic heterocycles. The Labute approximate surface area is 79.4 Å². The van der Waals surface area contributed by atoms with Crippen LogP contribution >= 0.6 is 0 Å². The lowest BCUT2D eigenvalue weighted by Crippen LogP contribution is -2.30. The first-order chi connectivity index (χ1) is 6.39. The second-order valence-electron chi connectivity index (χ2n) is 3.09. The second kappa shape index (κ2) is 3.96. The molecule has 0 aromatic carbocycles. The monoisotopic (exact) mass is 205 g/mol. The van der Waals surface area contributed by atoms with Crippen molar-refractivity contribution in [3.8, 4) is 0 Å². The summed E-state index contributed by atoms with van der Waals surface area (Å²) in [6.07, 6.45) is -5.98. The molecule has 0 unspecified atom stereocenters. The molecule has 0 aliphatic carbocycles. The molecule has 0 saturated heterocycles. The van der Waals surface area contributed by atoms with Crippen LogP contribution < -0.4 is 0 Å². The van der Waals surface area contributed by atoms with Gasteiger partial charge in [-0.25, -0.2) is 0 Å². The third kappa shape index (κ3) is 2.99. The Bertz CT molecular complexity index is 311. The summed E-state index contributed by atoms with van der Waals surface area (Å²) < 4.78 is 35.9. The fourth-order valence-corrected chi connectivity index (χ4v) is 1.02. The van der Waals surface area contributed by atoms with Gasteiger partial charge in [0.15, 0.2) is 6.10 Å². The first kappa shape index (κ1) is 11.0. The molecule has 1 atom stereocenters. The highest BCUT2D eigenvalue weighted by atomic mass is 19.4. The van der Waals surface area contributed by atoms with Crippen molar-refractivity contribution < 1.29 is 18.3 Å². The van der Waals surface area contributed by atoms with Crippen LogP contribution in [0.25, 0.3) is 0 Å². The number of rotatable bonds is 2.